The van der Waals surface area contributed by atoms with Gasteiger partial charge in [-0.1, -0.05) is 0 Å². The topological polar surface area (TPSA) is 68.5 Å². The number of aryl methyl sites for hydroxylation is 2. The number of methoxy groups -OCH3 is 1. The first-order chi connectivity index (χ1) is 10.9. The minimum absolute atomic E-state index is 0.0353. The Morgan fingerprint density at radius 3 is 2.39 bits per heavy atom. The molecule has 5 nitrogen and oxygen atoms in total. The highest BCUT2D eigenvalue weighted by atomic mass is 19.3. The molecule has 1 rings (SSSR count). The van der Waals surface area contributed by atoms with Gasteiger partial charge < -0.3 is 14.2 Å². The summed E-state index contributed by atoms with van der Waals surface area (Å²) in [5.74, 6) is -0.689. The lowest BCUT2D eigenvalue weighted by Gasteiger charge is -2.12. The number of ether oxygens (including phenoxy) is 3. The van der Waals surface area contributed by atoms with Gasteiger partial charge in [0.1, 0.15) is 24.0 Å². The Morgan fingerprint density at radius 1 is 1.30 bits per heavy atom. The predicted molar refractivity (Wildman–Crippen MR) is 79.0 cm³/mol. The summed E-state index contributed by atoms with van der Waals surface area (Å²) >= 11 is 0. The number of benzene rings is 1. The molecule has 1 aromatic carbocycles. The summed E-state index contributed by atoms with van der Waals surface area (Å²) in [6, 6.07) is 4.85. The van der Waals surface area contributed by atoms with Crippen LogP contribution in [-0.4, -0.2) is 32.9 Å². The fourth-order valence-electron chi connectivity index (χ4n) is 1.94. The zero-order valence-electron chi connectivity index (χ0n) is 13.1. The summed E-state index contributed by atoms with van der Waals surface area (Å²) in [7, 11) is 1.46. The number of hydrogen-bond acceptors (Lipinski definition) is 5. The van der Waals surface area contributed by atoms with E-state index in [4.69, 9.17) is 14.7 Å². The van der Waals surface area contributed by atoms with Crippen molar-refractivity contribution in [3.63, 3.8) is 0 Å². The third-order valence-corrected chi connectivity index (χ3v) is 2.86. The maximum absolute atomic E-state index is 12.4. The van der Waals surface area contributed by atoms with Gasteiger partial charge in [0.15, 0.2) is 0 Å². The third-order valence-electron chi connectivity index (χ3n) is 2.86. The second-order valence-corrected chi connectivity index (χ2v) is 4.66. The molecular formula is C16H17F2NO4. The Labute approximate surface area is 133 Å². The Kier molecular flexibility index (Phi) is 7.16. The van der Waals surface area contributed by atoms with E-state index in [1.807, 2.05) is 0 Å². The van der Waals surface area contributed by atoms with Gasteiger partial charge >= 0.3 is 12.6 Å². The van der Waals surface area contributed by atoms with Crippen LogP contribution < -0.4 is 4.74 Å². The minimum atomic E-state index is -2.92. The molecule has 0 aliphatic heterocycles. The van der Waals surface area contributed by atoms with Crippen LogP contribution in [0, 0.1) is 25.2 Å². The zero-order chi connectivity index (χ0) is 17.4. The summed E-state index contributed by atoms with van der Waals surface area (Å²) in [4.78, 5) is 11.7. The summed E-state index contributed by atoms with van der Waals surface area (Å²) < 4.78 is 38.8. The van der Waals surface area contributed by atoms with Gasteiger partial charge in [0.25, 0.3) is 0 Å². The SMILES string of the molecule is COCCOC(=O)/C(C#N)=C/c1cc(C)c(OC(F)F)c(C)c1. The minimum Gasteiger partial charge on any atom is -0.459 e. The van der Waals surface area contributed by atoms with E-state index in [0.29, 0.717) is 16.7 Å². The van der Waals surface area contributed by atoms with Crippen LogP contribution >= 0.6 is 0 Å². The molecule has 1 aromatic rings. The highest BCUT2D eigenvalue weighted by Crippen LogP contribution is 2.27. The number of hydrogen-bond donors (Lipinski definition) is 0. The van der Waals surface area contributed by atoms with Gasteiger partial charge in [-0.2, -0.15) is 14.0 Å². The van der Waals surface area contributed by atoms with Crippen molar-refractivity contribution in [2.75, 3.05) is 20.3 Å². The van der Waals surface area contributed by atoms with Gasteiger partial charge in [-0.15, -0.1) is 0 Å². The summed E-state index contributed by atoms with van der Waals surface area (Å²) in [6.45, 7) is 0.547. The number of nitriles is 1. The third kappa shape index (κ3) is 5.68. The van der Waals surface area contributed by atoms with Crippen molar-refractivity contribution in [2.24, 2.45) is 0 Å². The molecule has 0 bridgehead atoms. The van der Waals surface area contributed by atoms with Crippen molar-refractivity contribution >= 4 is 12.0 Å². The van der Waals surface area contributed by atoms with Gasteiger partial charge in [0.2, 0.25) is 0 Å². The number of rotatable bonds is 7. The van der Waals surface area contributed by atoms with Crippen LogP contribution in [0.2, 0.25) is 0 Å². The van der Waals surface area contributed by atoms with Gasteiger partial charge in [0, 0.05) is 7.11 Å². The quantitative estimate of drug-likeness (QED) is 0.334. The van der Waals surface area contributed by atoms with Crippen molar-refractivity contribution in [3.8, 4) is 11.8 Å². The first-order valence-electron chi connectivity index (χ1n) is 6.73. The predicted octanol–water partition coefficient (Wildman–Crippen LogP) is 3.00. The molecule has 0 aromatic heterocycles. The zero-order valence-corrected chi connectivity index (χ0v) is 13.1. The van der Waals surface area contributed by atoms with E-state index in [-0.39, 0.29) is 24.5 Å². The number of halogens is 2. The second kappa shape index (κ2) is 8.86. The number of alkyl halides is 2. The Balaban J connectivity index is 3.01. The maximum atomic E-state index is 12.4. The molecule has 0 unspecified atom stereocenters. The van der Waals surface area contributed by atoms with Gasteiger partial charge in [0.05, 0.1) is 6.61 Å². The lowest BCUT2D eigenvalue weighted by Crippen LogP contribution is -2.11. The van der Waals surface area contributed by atoms with E-state index in [9.17, 15) is 13.6 Å². The van der Waals surface area contributed by atoms with Gasteiger partial charge in [-0.3, -0.25) is 0 Å². The lowest BCUT2D eigenvalue weighted by molar-refractivity contribution is -0.139. The molecule has 124 valence electrons. The standard InChI is InChI=1S/C16H17F2NO4/c1-10-6-12(7-11(2)14(10)23-16(17)18)8-13(9-19)15(20)22-5-4-21-3/h6-8,16H,4-5H2,1-3H3/b13-8+. The largest absolute Gasteiger partial charge is 0.459 e. The monoisotopic (exact) mass is 325 g/mol. The van der Waals surface area contributed by atoms with E-state index in [1.165, 1.54) is 13.2 Å². The summed E-state index contributed by atoms with van der Waals surface area (Å²) in [5, 5.41) is 9.05. The number of esters is 1. The molecule has 0 heterocycles. The molecule has 0 amide bonds. The van der Waals surface area contributed by atoms with Crippen LogP contribution in [0.4, 0.5) is 8.78 Å². The van der Waals surface area contributed by atoms with Crippen molar-refractivity contribution in [3.05, 3.63) is 34.4 Å². The normalized spacial score (nSPS) is 11.3. The molecule has 23 heavy (non-hydrogen) atoms. The average molecular weight is 325 g/mol. The van der Waals surface area contributed by atoms with Gasteiger partial charge in [-0.05, 0) is 48.7 Å². The molecule has 0 aliphatic rings. The van der Waals surface area contributed by atoms with Crippen LogP contribution in [0.25, 0.3) is 6.08 Å². The van der Waals surface area contributed by atoms with E-state index >= 15 is 0 Å². The Morgan fingerprint density at radius 2 is 1.91 bits per heavy atom. The van der Waals surface area contributed by atoms with Crippen molar-refractivity contribution in [2.45, 2.75) is 20.5 Å². The summed E-state index contributed by atoms with van der Waals surface area (Å²) in [6.07, 6.45) is 1.33. The van der Waals surface area contributed by atoms with Crippen LogP contribution in [0.1, 0.15) is 16.7 Å². The Bertz CT molecular complexity index is 612. The molecule has 0 fully saturated rings. The van der Waals surface area contributed by atoms with Crippen molar-refractivity contribution < 1.29 is 27.8 Å². The van der Waals surface area contributed by atoms with Crippen LogP contribution in [0.15, 0.2) is 17.7 Å². The molecule has 0 saturated carbocycles. The molecule has 0 aliphatic carbocycles. The maximum Gasteiger partial charge on any atom is 0.387 e. The molecule has 0 saturated heterocycles. The van der Waals surface area contributed by atoms with Crippen LogP contribution in [-0.2, 0) is 14.3 Å². The molecule has 0 spiro atoms. The highest BCUT2D eigenvalue weighted by Gasteiger charge is 2.14. The fraction of sp³-hybridized carbons (Fsp3) is 0.375. The summed E-state index contributed by atoms with van der Waals surface area (Å²) in [5.41, 5.74) is 1.27. The van der Waals surface area contributed by atoms with Crippen molar-refractivity contribution in [1.29, 1.82) is 5.26 Å². The number of carbonyl (C=O) groups excluding carboxylic acids is 1. The number of carbonyl (C=O) groups is 1. The molecular weight excluding hydrogens is 308 g/mol. The van der Waals surface area contributed by atoms with Crippen LogP contribution in [0.3, 0.4) is 0 Å². The average Bonchev–Trinajstić information content (AvgIpc) is 2.48. The van der Waals surface area contributed by atoms with Crippen LogP contribution in [0.5, 0.6) is 5.75 Å². The molecule has 0 atom stereocenters. The second-order valence-electron chi connectivity index (χ2n) is 4.66. The van der Waals surface area contributed by atoms with Gasteiger partial charge in [-0.25, -0.2) is 4.79 Å². The Hall–Kier alpha value is -2.46. The van der Waals surface area contributed by atoms with E-state index < -0.39 is 12.6 Å². The van der Waals surface area contributed by atoms with E-state index in [0.717, 1.165) is 0 Å². The first kappa shape index (κ1) is 18.6. The lowest BCUT2D eigenvalue weighted by atomic mass is 10.0. The fourth-order valence-corrected chi connectivity index (χ4v) is 1.94. The highest BCUT2D eigenvalue weighted by molar-refractivity contribution is 5.97. The number of nitrogens with zero attached hydrogens (tertiary/aromatic N) is 1. The van der Waals surface area contributed by atoms with E-state index in [1.54, 1.807) is 32.0 Å². The molecule has 0 radical (unpaired) electrons. The molecule has 0 N–H and O–H groups in total. The molecule has 7 heteroatoms. The smallest absolute Gasteiger partial charge is 0.387 e. The van der Waals surface area contributed by atoms with Crippen molar-refractivity contribution in [1.82, 2.24) is 0 Å². The first-order valence-corrected chi connectivity index (χ1v) is 6.73. The van der Waals surface area contributed by atoms with E-state index in [2.05, 4.69) is 4.74 Å².